The van der Waals surface area contributed by atoms with E-state index < -0.39 is 28.0 Å². The lowest BCUT2D eigenvalue weighted by atomic mass is 9.94. The van der Waals surface area contributed by atoms with Gasteiger partial charge in [0.2, 0.25) is 0 Å². The highest BCUT2D eigenvalue weighted by Gasteiger charge is 2.54. The number of hydrogen-bond donors (Lipinski definition) is 1. The van der Waals surface area contributed by atoms with Crippen molar-refractivity contribution in [2.75, 3.05) is 7.11 Å². The highest BCUT2D eigenvalue weighted by molar-refractivity contribution is 6.31. The number of benzene rings is 1. The number of ether oxygens (including phenoxy) is 1. The van der Waals surface area contributed by atoms with Crippen LogP contribution in [0, 0.1) is 11.6 Å². The van der Waals surface area contributed by atoms with Gasteiger partial charge in [0.05, 0.1) is 12.5 Å². The topological polar surface area (TPSA) is 46.5 Å². The van der Waals surface area contributed by atoms with E-state index in [0.717, 1.165) is 6.07 Å². The molecule has 0 aromatic heterocycles. The second-order valence-corrected chi connectivity index (χ2v) is 4.33. The Bertz CT molecular complexity index is 498. The minimum atomic E-state index is -1.24. The van der Waals surface area contributed by atoms with Crippen LogP contribution >= 0.6 is 11.6 Å². The summed E-state index contributed by atoms with van der Waals surface area (Å²) in [6, 6.07) is 0.936. The van der Waals surface area contributed by atoms with E-state index in [-0.39, 0.29) is 11.3 Å². The van der Waals surface area contributed by atoms with Gasteiger partial charge in [-0.05, 0) is 18.9 Å². The molecule has 0 atom stereocenters. The molecule has 17 heavy (non-hydrogen) atoms. The van der Waals surface area contributed by atoms with E-state index in [1.807, 2.05) is 0 Å². The van der Waals surface area contributed by atoms with Crippen LogP contribution in [0.3, 0.4) is 0 Å². The minimum absolute atomic E-state index is 0.00639. The Morgan fingerprint density at radius 2 is 2.12 bits per heavy atom. The van der Waals surface area contributed by atoms with Crippen molar-refractivity contribution in [2.45, 2.75) is 18.3 Å². The van der Waals surface area contributed by atoms with E-state index >= 15 is 0 Å². The number of methoxy groups -OCH3 is 1. The van der Waals surface area contributed by atoms with Gasteiger partial charge in [0.1, 0.15) is 10.8 Å². The number of halogens is 3. The average molecular weight is 263 g/mol. The van der Waals surface area contributed by atoms with Crippen LogP contribution in [0.4, 0.5) is 8.78 Å². The lowest BCUT2D eigenvalue weighted by molar-refractivity contribution is -0.140. The smallest absolute Gasteiger partial charge is 0.314 e. The zero-order valence-electron chi connectivity index (χ0n) is 8.89. The summed E-state index contributed by atoms with van der Waals surface area (Å²) in [5, 5.41) is 8.41. The number of carboxylic acids is 1. The van der Waals surface area contributed by atoms with Gasteiger partial charge in [-0.15, -0.1) is 0 Å². The fraction of sp³-hybridized carbons (Fsp3) is 0.364. The lowest BCUT2D eigenvalue weighted by Crippen LogP contribution is -2.21. The molecule has 1 aliphatic rings. The maximum Gasteiger partial charge on any atom is 0.314 e. The molecule has 0 amide bonds. The van der Waals surface area contributed by atoms with Gasteiger partial charge in [-0.1, -0.05) is 11.6 Å². The predicted octanol–water partition coefficient (Wildman–Crippen LogP) is 2.74. The fourth-order valence-electron chi connectivity index (χ4n) is 1.86. The normalized spacial score (nSPS) is 16.7. The van der Waals surface area contributed by atoms with Crippen molar-refractivity contribution < 1.29 is 23.4 Å². The van der Waals surface area contributed by atoms with Crippen molar-refractivity contribution in [3.05, 3.63) is 28.3 Å². The monoisotopic (exact) mass is 262 g/mol. The Labute approximate surface area is 101 Å². The van der Waals surface area contributed by atoms with E-state index in [2.05, 4.69) is 0 Å². The molecule has 1 fully saturated rings. The second kappa shape index (κ2) is 3.84. The fourth-order valence-corrected chi connectivity index (χ4v) is 2.00. The van der Waals surface area contributed by atoms with Crippen LogP contribution < -0.4 is 4.74 Å². The third-order valence-corrected chi connectivity index (χ3v) is 3.34. The van der Waals surface area contributed by atoms with Crippen LogP contribution in [0.25, 0.3) is 0 Å². The van der Waals surface area contributed by atoms with Gasteiger partial charge in [0, 0.05) is 5.56 Å². The number of aliphatic carboxylic acids is 1. The Morgan fingerprint density at radius 1 is 1.53 bits per heavy atom. The molecule has 3 nitrogen and oxygen atoms in total. The molecule has 0 bridgehead atoms. The van der Waals surface area contributed by atoms with Crippen molar-refractivity contribution in [1.82, 2.24) is 0 Å². The highest BCUT2D eigenvalue weighted by atomic mass is 35.5. The predicted molar refractivity (Wildman–Crippen MR) is 56.5 cm³/mol. The zero-order valence-corrected chi connectivity index (χ0v) is 9.65. The van der Waals surface area contributed by atoms with Crippen molar-refractivity contribution in [1.29, 1.82) is 0 Å². The van der Waals surface area contributed by atoms with Gasteiger partial charge in [-0.3, -0.25) is 4.79 Å². The van der Waals surface area contributed by atoms with Crippen LogP contribution in [0.2, 0.25) is 5.02 Å². The van der Waals surface area contributed by atoms with E-state index in [9.17, 15) is 13.6 Å². The van der Waals surface area contributed by atoms with Gasteiger partial charge in [0.15, 0.2) is 11.6 Å². The summed E-state index contributed by atoms with van der Waals surface area (Å²) in [4.78, 5) is 11.1. The van der Waals surface area contributed by atoms with Gasteiger partial charge in [-0.2, -0.15) is 0 Å². The molecule has 0 unspecified atom stereocenters. The minimum Gasteiger partial charge on any atom is -0.493 e. The average Bonchev–Trinajstić information content (AvgIpc) is 3.06. The Hall–Kier alpha value is -1.36. The van der Waals surface area contributed by atoms with Crippen molar-refractivity contribution >= 4 is 17.6 Å². The van der Waals surface area contributed by atoms with E-state index in [1.165, 1.54) is 7.11 Å². The second-order valence-electron chi connectivity index (χ2n) is 3.95. The molecule has 92 valence electrons. The molecule has 0 spiro atoms. The molecule has 1 aromatic rings. The van der Waals surface area contributed by atoms with E-state index in [0.29, 0.717) is 12.8 Å². The van der Waals surface area contributed by atoms with Gasteiger partial charge in [0.25, 0.3) is 0 Å². The Kier molecular flexibility index (Phi) is 2.73. The molecular formula is C11H9ClF2O3. The van der Waals surface area contributed by atoms with Crippen LogP contribution in [0.1, 0.15) is 18.4 Å². The first-order valence-corrected chi connectivity index (χ1v) is 5.27. The van der Waals surface area contributed by atoms with E-state index in [4.69, 9.17) is 21.4 Å². The van der Waals surface area contributed by atoms with Gasteiger partial charge in [-0.25, -0.2) is 8.78 Å². The summed E-state index contributed by atoms with van der Waals surface area (Å²) >= 11 is 5.41. The Balaban J connectivity index is 2.66. The van der Waals surface area contributed by atoms with Crippen LogP contribution in [0.15, 0.2) is 6.07 Å². The molecule has 0 saturated heterocycles. The maximum atomic E-state index is 13.7. The highest BCUT2D eigenvalue weighted by Crippen LogP contribution is 2.53. The molecule has 6 heteroatoms. The first-order chi connectivity index (χ1) is 7.94. The van der Waals surface area contributed by atoms with E-state index in [1.54, 1.807) is 0 Å². The van der Waals surface area contributed by atoms with Crippen molar-refractivity contribution in [3.63, 3.8) is 0 Å². The molecular weight excluding hydrogens is 254 g/mol. The molecule has 1 saturated carbocycles. The molecule has 1 aliphatic carbocycles. The van der Waals surface area contributed by atoms with Crippen LogP contribution in [-0.4, -0.2) is 18.2 Å². The number of carboxylic acid groups (broad SMARTS) is 1. The van der Waals surface area contributed by atoms with Gasteiger partial charge < -0.3 is 9.84 Å². The summed E-state index contributed by atoms with van der Waals surface area (Å²) in [5.41, 5.74) is -1.23. The molecule has 1 aromatic carbocycles. The molecule has 0 heterocycles. The summed E-state index contributed by atoms with van der Waals surface area (Å²) in [5.74, 6) is -3.45. The first-order valence-electron chi connectivity index (χ1n) is 4.89. The summed E-state index contributed by atoms with van der Waals surface area (Å²) < 4.78 is 31.8. The third kappa shape index (κ3) is 1.65. The molecule has 0 radical (unpaired) electrons. The zero-order chi connectivity index (χ0) is 12.8. The molecule has 1 N–H and O–H groups in total. The van der Waals surface area contributed by atoms with Gasteiger partial charge >= 0.3 is 5.97 Å². The molecule has 0 aliphatic heterocycles. The van der Waals surface area contributed by atoms with Crippen LogP contribution in [0.5, 0.6) is 5.75 Å². The quantitative estimate of drug-likeness (QED) is 0.852. The Morgan fingerprint density at radius 3 is 2.53 bits per heavy atom. The standard InChI is InChI=1S/C11H9ClF2O3/c1-17-9-5(11(2-3-11)10(15)16)4-6(13)7(12)8(9)14/h4H,2-3H2,1H3,(H,15,16). The number of hydrogen-bond acceptors (Lipinski definition) is 2. The van der Waals surface area contributed by atoms with Crippen molar-refractivity contribution in [2.24, 2.45) is 0 Å². The first kappa shape index (κ1) is 12.1. The maximum absolute atomic E-state index is 13.7. The molecule has 2 rings (SSSR count). The largest absolute Gasteiger partial charge is 0.493 e. The van der Waals surface area contributed by atoms with Crippen LogP contribution in [-0.2, 0) is 10.2 Å². The summed E-state index contributed by atoms with van der Waals surface area (Å²) in [6.45, 7) is 0. The summed E-state index contributed by atoms with van der Waals surface area (Å²) in [7, 11) is 1.19. The SMILES string of the molecule is COc1c(C2(C(=O)O)CC2)cc(F)c(Cl)c1F. The number of carbonyl (C=O) groups is 1. The lowest BCUT2D eigenvalue weighted by Gasteiger charge is -2.16. The number of rotatable bonds is 3. The van der Waals surface area contributed by atoms with Crippen molar-refractivity contribution in [3.8, 4) is 5.75 Å². The summed E-state index contributed by atoms with van der Waals surface area (Å²) in [6.07, 6.45) is 0.665. The third-order valence-electron chi connectivity index (χ3n) is 3.00.